The molecule has 1 aromatic rings. The van der Waals surface area contributed by atoms with E-state index in [0.717, 1.165) is 36.9 Å². The molecule has 2 heterocycles. The van der Waals surface area contributed by atoms with E-state index in [-0.39, 0.29) is 5.56 Å². The lowest BCUT2D eigenvalue weighted by Crippen LogP contribution is -2.32. The van der Waals surface area contributed by atoms with E-state index in [1.54, 1.807) is 10.7 Å². The summed E-state index contributed by atoms with van der Waals surface area (Å²) in [7, 11) is 0. The van der Waals surface area contributed by atoms with E-state index in [1.165, 1.54) is 19.3 Å². The van der Waals surface area contributed by atoms with Crippen LogP contribution in [0.25, 0.3) is 0 Å². The van der Waals surface area contributed by atoms with Crippen molar-refractivity contribution in [3.05, 3.63) is 22.6 Å². The van der Waals surface area contributed by atoms with E-state index in [2.05, 4.69) is 32.9 Å². The molecule has 2 rings (SSSR count). The van der Waals surface area contributed by atoms with Crippen LogP contribution in [0.5, 0.6) is 0 Å². The van der Waals surface area contributed by atoms with Gasteiger partial charge < -0.3 is 4.90 Å². The fraction of sp³-hybridized carbons (Fsp3) is 0.733. The Bertz CT molecular complexity index is 468. The molecule has 1 saturated heterocycles. The summed E-state index contributed by atoms with van der Waals surface area (Å²) in [5.74, 6) is 0.616. The number of alkyl halides is 1. The van der Waals surface area contributed by atoms with Crippen LogP contribution in [0.1, 0.15) is 39.0 Å². The van der Waals surface area contributed by atoms with Gasteiger partial charge in [0.25, 0.3) is 5.56 Å². The standard InChI is InChI=1S/C15H24BrN3O/c1-13(5-7-16)6-10-19-15(20)11-14(12-17-19)18-8-3-2-4-9-18/h11-13H,2-10H2,1H3. The third kappa shape index (κ3) is 4.33. The molecule has 112 valence electrons. The van der Waals surface area contributed by atoms with Crippen LogP contribution in [0.15, 0.2) is 17.1 Å². The topological polar surface area (TPSA) is 38.1 Å². The first-order valence-corrected chi connectivity index (χ1v) is 8.71. The summed E-state index contributed by atoms with van der Waals surface area (Å²) >= 11 is 3.45. The van der Waals surface area contributed by atoms with E-state index in [9.17, 15) is 4.79 Å². The van der Waals surface area contributed by atoms with Gasteiger partial charge in [0.05, 0.1) is 11.9 Å². The van der Waals surface area contributed by atoms with E-state index in [1.807, 2.05) is 6.20 Å². The monoisotopic (exact) mass is 341 g/mol. The molecule has 0 bridgehead atoms. The molecule has 1 aliphatic rings. The zero-order chi connectivity index (χ0) is 14.4. The number of hydrogen-bond donors (Lipinski definition) is 0. The minimum atomic E-state index is 0.0270. The Morgan fingerprint density at radius 2 is 2.05 bits per heavy atom. The first-order chi connectivity index (χ1) is 9.70. The fourth-order valence-corrected chi connectivity index (χ4v) is 3.37. The van der Waals surface area contributed by atoms with Crippen LogP contribution in [0.4, 0.5) is 5.69 Å². The average molecular weight is 342 g/mol. The summed E-state index contributed by atoms with van der Waals surface area (Å²) in [4.78, 5) is 14.4. The summed E-state index contributed by atoms with van der Waals surface area (Å²) in [5, 5.41) is 5.35. The highest BCUT2D eigenvalue weighted by Crippen LogP contribution is 2.17. The van der Waals surface area contributed by atoms with Crippen LogP contribution >= 0.6 is 15.9 Å². The molecule has 0 saturated carbocycles. The highest BCUT2D eigenvalue weighted by atomic mass is 79.9. The van der Waals surface area contributed by atoms with Crippen molar-refractivity contribution in [2.75, 3.05) is 23.3 Å². The van der Waals surface area contributed by atoms with Crippen LogP contribution < -0.4 is 10.5 Å². The zero-order valence-corrected chi connectivity index (χ0v) is 13.8. The molecule has 20 heavy (non-hydrogen) atoms. The molecule has 4 nitrogen and oxygen atoms in total. The Morgan fingerprint density at radius 1 is 1.30 bits per heavy atom. The first-order valence-electron chi connectivity index (χ1n) is 7.59. The van der Waals surface area contributed by atoms with Crippen LogP contribution in [-0.4, -0.2) is 28.2 Å². The molecule has 5 heteroatoms. The molecule has 1 unspecified atom stereocenters. The largest absolute Gasteiger partial charge is 0.370 e. The fourth-order valence-electron chi connectivity index (χ4n) is 2.59. The van der Waals surface area contributed by atoms with Gasteiger partial charge in [-0.3, -0.25) is 4.79 Å². The summed E-state index contributed by atoms with van der Waals surface area (Å²) in [5.41, 5.74) is 1.01. The zero-order valence-electron chi connectivity index (χ0n) is 12.2. The first kappa shape index (κ1) is 15.5. The van der Waals surface area contributed by atoms with E-state index < -0.39 is 0 Å². The van der Waals surface area contributed by atoms with Crippen molar-refractivity contribution in [3.8, 4) is 0 Å². The molecule has 0 radical (unpaired) electrons. The number of nitrogens with zero attached hydrogens (tertiary/aromatic N) is 3. The van der Waals surface area contributed by atoms with Crippen molar-refractivity contribution >= 4 is 21.6 Å². The van der Waals surface area contributed by atoms with Gasteiger partial charge in [-0.15, -0.1) is 0 Å². The second-order valence-electron chi connectivity index (χ2n) is 5.69. The molecule has 0 aliphatic carbocycles. The number of rotatable bonds is 6. The van der Waals surface area contributed by atoms with Crippen molar-refractivity contribution < 1.29 is 0 Å². The summed E-state index contributed by atoms with van der Waals surface area (Å²) in [6.07, 6.45) is 7.72. The van der Waals surface area contributed by atoms with Gasteiger partial charge in [-0.2, -0.15) is 5.10 Å². The number of hydrogen-bond acceptors (Lipinski definition) is 3. The van der Waals surface area contributed by atoms with Gasteiger partial charge in [-0.25, -0.2) is 4.68 Å². The van der Waals surface area contributed by atoms with Crippen molar-refractivity contribution in [1.29, 1.82) is 0 Å². The number of aromatic nitrogens is 2. The van der Waals surface area contributed by atoms with E-state index in [4.69, 9.17) is 0 Å². The SMILES string of the molecule is CC(CCBr)CCn1ncc(N2CCCCC2)cc1=O. The second kappa shape index (κ2) is 7.81. The quantitative estimate of drug-likeness (QED) is 0.746. The molecule has 1 aromatic heterocycles. The van der Waals surface area contributed by atoms with Crippen molar-refractivity contribution in [3.63, 3.8) is 0 Å². The predicted molar refractivity (Wildman–Crippen MR) is 86.8 cm³/mol. The molecular formula is C15H24BrN3O. The highest BCUT2D eigenvalue weighted by Gasteiger charge is 2.12. The highest BCUT2D eigenvalue weighted by molar-refractivity contribution is 9.09. The van der Waals surface area contributed by atoms with Gasteiger partial charge in [0, 0.05) is 31.0 Å². The summed E-state index contributed by atoms with van der Waals surface area (Å²) in [6.45, 7) is 5.03. The van der Waals surface area contributed by atoms with Gasteiger partial charge in [0.2, 0.25) is 0 Å². The minimum Gasteiger partial charge on any atom is -0.370 e. The Morgan fingerprint density at radius 3 is 2.70 bits per heavy atom. The lowest BCUT2D eigenvalue weighted by molar-refractivity contribution is 0.440. The average Bonchev–Trinajstić information content (AvgIpc) is 2.47. The molecule has 1 fully saturated rings. The molecule has 1 aliphatic heterocycles. The lowest BCUT2D eigenvalue weighted by Gasteiger charge is -2.28. The van der Waals surface area contributed by atoms with Gasteiger partial charge >= 0.3 is 0 Å². The smallest absolute Gasteiger partial charge is 0.268 e. The Labute approximate surface area is 129 Å². The van der Waals surface area contributed by atoms with Crippen molar-refractivity contribution in [1.82, 2.24) is 9.78 Å². The minimum absolute atomic E-state index is 0.0270. The maximum atomic E-state index is 12.1. The van der Waals surface area contributed by atoms with Gasteiger partial charge in [-0.05, 0) is 38.0 Å². The number of halogens is 1. The van der Waals surface area contributed by atoms with Crippen LogP contribution in [0.2, 0.25) is 0 Å². The van der Waals surface area contributed by atoms with Gasteiger partial charge in [-0.1, -0.05) is 22.9 Å². The Hall–Kier alpha value is -0.840. The van der Waals surface area contributed by atoms with E-state index >= 15 is 0 Å². The van der Waals surface area contributed by atoms with E-state index in [0.29, 0.717) is 12.5 Å². The third-order valence-electron chi connectivity index (χ3n) is 4.01. The molecule has 0 spiro atoms. The lowest BCUT2D eigenvalue weighted by atomic mass is 10.1. The Balaban J connectivity index is 1.96. The second-order valence-corrected chi connectivity index (χ2v) is 6.49. The molecule has 0 N–H and O–H groups in total. The van der Waals surface area contributed by atoms with Crippen LogP contribution in [-0.2, 0) is 6.54 Å². The van der Waals surface area contributed by atoms with Crippen LogP contribution in [0.3, 0.4) is 0 Å². The molecule has 0 aromatic carbocycles. The van der Waals surface area contributed by atoms with Gasteiger partial charge in [0.1, 0.15) is 0 Å². The van der Waals surface area contributed by atoms with Crippen LogP contribution in [0, 0.1) is 5.92 Å². The number of piperidine rings is 1. The maximum absolute atomic E-state index is 12.1. The number of anilines is 1. The molecular weight excluding hydrogens is 318 g/mol. The Kier molecular flexibility index (Phi) is 6.07. The van der Waals surface area contributed by atoms with Crippen molar-refractivity contribution in [2.24, 2.45) is 5.92 Å². The maximum Gasteiger partial charge on any atom is 0.268 e. The summed E-state index contributed by atoms with van der Waals surface area (Å²) in [6, 6.07) is 1.74. The summed E-state index contributed by atoms with van der Waals surface area (Å²) < 4.78 is 1.60. The predicted octanol–water partition coefficient (Wildman–Crippen LogP) is 3.04. The number of aryl methyl sites for hydroxylation is 1. The third-order valence-corrected chi connectivity index (χ3v) is 4.47. The molecule has 1 atom stereocenters. The molecule has 0 amide bonds. The van der Waals surface area contributed by atoms with Gasteiger partial charge in [0.15, 0.2) is 0 Å². The normalized spacial score (nSPS) is 17.2. The van der Waals surface area contributed by atoms with Crippen molar-refractivity contribution in [2.45, 2.75) is 45.6 Å².